The van der Waals surface area contributed by atoms with Crippen LogP contribution < -0.4 is 0 Å². The summed E-state index contributed by atoms with van der Waals surface area (Å²) in [4.78, 5) is 15.1. The van der Waals surface area contributed by atoms with Crippen LogP contribution >= 0.6 is 0 Å². The van der Waals surface area contributed by atoms with Crippen LogP contribution in [0.15, 0.2) is 42.5 Å². The summed E-state index contributed by atoms with van der Waals surface area (Å²) in [6.45, 7) is 4.10. The molecule has 1 aromatic rings. The molecule has 1 aliphatic heterocycles. The molecular weight excluding hydrogens is 302 g/mol. The molecule has 2 unspecified atom stereocenters. The van der Waals surface area contributed by atoms with Crippen LogP contribution in [-0.4, -0.2) is 47.8 Å². The molecule has 1 N–H and O–H groups in total. The van der Waals surface area contributed by atoms with E-state index in [-0.39, 0.29) is 12.1 Å². The number of aliphatic hydroxyl groups excluding tert-OH is 1. The smallest absolute Gasteiger partial charge is 0.320 e. The minimum atomic E-state index is -0.664. The average molecular weight is 329 g/mol. The van der Waals surface area contributed by atoms with Crippen molar-refractivity contribution in [2.24, 2.45) is 0 Å². The normalized spacial score (nSPS) is 28.7. The molecule has 0 aromatic heterocycles. The zero-order valence-corrected chi connectivity index (χ0v) is 14.4. The van der Waals surface area contributed by atoms with Gasteiger partial charge in [-0.25, -0.2) is 0 Å². The summed E-state index contributed by atoms with van der Waals surface area (Å²) in [5, 5.41) is 9.68. The van der Waals surface area contributed by atoms with E-state index in [1.807, 2.05) is 37.3 Å². The molecular formula is C20H27NO3. The first kappa shape index (κ1) is 17.2. The molecule has 24 heavy (non-hydrogen) atoms. The summed E-state index contributed by atoms with van der Waals surface area (Å²) in [6, 6.07) is 10.3. The zero-order valence-electron chi connectivity index (χ0n) is 14.4. The quantitative estimate of drug-likeness (QED) is 0.681. The first-order chi connectivity index (χ1) is 11.7. The van der Waals surface area contributed by atoms with Gasteiger partial charge in [-0.05, 0) is 38.2 Å². The largest absolute Gasteiger partial charge is 0.465 e. The average Bonchev–Trinajstić information content (AvgIpc) is 2.63. The van der Waals surface area contributed by atoms with Gasteiger partial charge in [0.2, 0.25) is 0 Å². The van der Waals surface area contributed by atoms with Crippen LogP contribution in [0.2, 0.25) is 0 Å². The summed E-state index contributed by atoms with van der Waals surface area (Å²) in [7, 11) is 0. The Morgan fingerprint density at radius 3 is 2.54 bits per heavy atom. The number of likely N-dealkylation sites (tertiary alicyclic amines) is 1. The summed E-state index contributed by atoms with van der Waals surface area (Å²) < 4.78 is 5.40. The predicted octanol–water partition coefficient (Wildman–Crippen LogP) is 2.66. The highest BCUT2D eigenvalue weighted by atomic mass is 16.5. The van der Waals surface area contributed by atoms with Crippen molar-refractivity contribution >= 4 is 5.97 Å². The number of carbonyl (C=O) groups excluding carboxylic acids is 1. The number of carbonyl (C=O) groups is 1. The number of benzene rings is 1. The number of esters is 1. The van der Waals surface area contributed by atoms with Crippen molar-refractivity contribution in [3.05, 3.63) is 48.0 Å². The van der Waals surface area contributed by atoms with Crippen LogP contribution in [0.1, 0.15) is 38.2 Å². The highest BCUT2D eigenvalue weighted by molar-refractivity contribution is 5.86. The third-order valence-electron chi connectivity index (χ3n) is 5.33. The van der Waals surface area contributed by atoms with E-state index < -0.39 is 5.41 Å². The van der Waals surface area contributed by atoms with E-state index in [1.54, 1.807) is 0 Å². The number of hydrogen-bond donors (Lipinski definition) is 1. The second kappa shape index (κ2) is 7.49. The van der Waals surface area contributed by atoms with Gasteiger partial charge in [0.25, 0.3) is 0 Å². The number of nitrogens with zero attached hydrogens (tertiary/aromatic N) is 1. The van der Waals surface area contributed by atoms with Gasteiger partial charge in [-0.15, -0.1) is 0 Å². The van der Waals surface area contributed by atoms with Crippen LogP contribution in [0.5, 0.6) is 0 Å². The number of aliphatic hydroxyl groups is 1. The molecule has 1 fully saturated rings. The van der Waals surface area contributed by atoms with E-state index in [0.717, 1.165) is 44.3 Å². The maximum Gasteiger partial charge on any atom is 0.320 e. The van der Waals surface area contributed by atoms with E-state index in [4.69, 9.17) is 4.74 Å². The second-order valence-electron chi connectivity index (χ2n) is 6.79. The molecule has 3 rings (SSSR count). The van der Waals surface area contributed by atoms with E-state index in [0.29, 0.717) is 12.6 Å². The van der Waals surface area contributed by atoms with Gasteiger partial charge in [0, 0.05) is 19.1 Å². The molecule has 1 saturated heterocycles. The molecule has 0 amide bonds. The van der Waals surface area contributed by atoms with Crippen molar-refractivity contribution in [3.63, 3.8) is 0 Å². The summed E-state index contributed by atoms with van der Waals surface area (Å²) in [5.74, 6) is -0.153. The van der Waals surface area contributed by atoms with Crippen molar-refractivity contribution < 1.29 is 14.6 Å². The summed E-state index contributed by atoms with van der Waals surface area (Å²) in [6.07, 6.45) is 7.44. The van der Waals surface area contributed by atoms with Gasteiger partial charge >= 0.3 is 5.97 Å². The van der Waals surface area contributed by atoms with E-state index in [1.165, 1.54) is 0 Å². The lowest BCUT2D eigenvalue weighted by Crippen LogP contribution is -2.46. The Balaban J connectivity index is 1.81. The molecule has 1 aromatic carbocycles. The Morgan fingerprint density at radius 1 is 1.25 bits per heavy atom. The van der Waals surface area contributed by atoms with Crippen LogP contribution in [-0.2, 0) is 14.9 Å². The van der Waals surface area contributed by atoms with Crippen LogP contribution in [0.4, 0.5) is 0 Å². The van der Waals surface area contributed by atoms with Crippen LogP contribution in [0, 0.1) is 0 Å². The lowest BCUT2D eigenvalue weighted by atomic mass is 9.72. The molecule has 4 nitrogen and oxygen atoms in total. The summed E-state index contributed by atoms with van der Waals surface area (Å²) in [5.41, 5.74) is 0.343. The maximum atomic E-state index is 12.7. The van der Waals surface area contributed by atoms with Crippen molar-refractivity contribution in [3.8, 4) is 0 Å². The first-order valence-electron chi connectivity index (χ1n) is 9.00. The summed E-state index contributed by atoms with van der Waals surface area (Å²) >= 11 is 0. The fraction of sp³-hybridized carbons (Fsp3) is 0.550. The molecule has 130 valence electrons. The fourth-order valence-corrected chi connectivity index (χ4v) is 3.88. The third-order valence-corrected chi connectivity index (χ3v) is 5.33. The van der Waals surface area contributed by atoms with Gasteiger partial charge in [0.05, 0.1) is 12.7 Å². The zero-order chi connectivity index (χ0) is 17.0. The minimum absolute atomic E-state index is 0.153. The minimum Gasteiger partial charge on any atom is -0.465 e. The molecule has 0 saturated carbocycles. The monoisotopic (exact) mass is 329 g/mol. The van der Waals surface area contributed by atoms with Gasteiger partial charge in [-0.1, -0.05) is 42.5 Å². The Hall–Kier alpha value is -1.65. The molecule has 1 heterocycles. The van der Waals surface area contributed by atoms with Gasteiger partial charge in [0.15, 0.2) is 0 Å². The number of hydrogen-bond acceptors (Lipinski definition) is 4. The Bertz CT molecular complexity index is 578. The van der Waals surface area contributed by atoms with E-state index in [9.17, 15) is 9.90 Å². The third kappa shape index (κ3) is 3.40. The highest BCUT2D eigenvalue weighted by Gasteiger charge is 2.42. The van der Waals surface area contributed by atoms with Gasteiger partial charge < -0.3 is 9.84 Å². The standard InChI is InChI=1S/C20H27NO3/c1-2-24-19(23)20(16-6-4-3-5-7-16)12-8-17(9-13-20)21-14-10-18(22)11-15-21/h3-8,12,17-18,22H,2,9-11,13-15H2,1H3. The highest BCUT2D eigenvalue weighted by Crippen LogP contribution is 2.38. The predicted molar refractivity (Wildman–Crippen MR) is 93.7 cm³/mol. The lowest BCUT2D eigenvalue weighted by Gasteiger charge is -2.40. The van der Waals surface area contributed by atoms with Crippen LogP contribution in [0.25, 0.3) is 0 Å². The number of ether oxygens (including phenoxy) is 1. The van der Waals surface area contributed by atoms with Gasteiger partial charge in [0.1, 0.15) is 5.41 Å². The Labute approximate surface area is 144 Å². The fourth-order valence-electron chi connectivity index (χ4n) is 3.88. The van der Waals surface area contributed by atoms with E-state index in [2.05, 4.69) is 17.1 Å². The van der Waals surface area contributed by atoms with Crippen molar-refractivity contribution in [1.82, 2.24) is 4.90 Å². The first-order valence-corrected chi connectivity index (χ1v) is 9.00. The molecule has 0 radical (unpaired) electrons. The molecule has 2 aliphatic rings. The lowest BCUT2D eigenvalue weighted by molar-refractivity contribution is -0.148. The number of rotatable bonds is 4. The van der Waals surface area contributed by atoms with Gasteiger partial charge in [-0.3, -0.25) is 9.69 Å². The topological polar surface area (TPSA) is 49.8 Å². The van der Waals surface area contributed by atoms with E-state index >= 15 is 0 Å². The molecule has 0 bridgehead atoms. The molecule has 2 atom stereocenters. The Morgan fingerprint density at radius 2 is 1.96 bits per heavy atom. The maximum absolute atomic E-state index is 12.7. The molecule has 1 aliphatic carbocycles. The van der Waals surface area contributed by atoms with Gasteiger partial charge in [-0.2, -0.15) is 0 Å². The van der Waals surface area contributed by atoms with Crippen LogP contribution in [0.3, 0.4) is 0 Å². The SMILES string of the molecule is CCOC(=O)C1(c2ccccc2)C=CC(N2CCC(O)CC2)CC1. The molecule has 4 heteroatoms. The van der Waals surface area contributed by atoms with Crippen molar-refractivity contribution in [1.29, 1.82) is 0 Å². The van der Waals surface area contributed by atoms with Crippen molar-refractivity contribution in [2.45, 2.75) is 50.2 Å². The molecule has 0 spiro atoms. The second-order valence-corrected chi connectivity index (χ2v) is 6.79. The van der Waals surface area contributed by atoms with Crippen molar-refractivity contribution in [2.75, 3.05) is 19.7 Å². The number of piperidine rings is 1. The Kier molecular flexibility index (Phi) is 5.36.